The molecule has 0 spiro atoms. The molecule has 0 radical (unpaired) electrons. The zero-order valence-corrected chi connectivity index (χ0v) is 15.9. The third-order valence-electron chi connectivity index (χ3n) is 3.74. The normalized spacial score (nSPS) is 10.3. The molecular weight excluding hydrogens is 346 g/mol. The van der Waals surface area contributed by atoms with Crippen LogP contribution in [0.3, 0.4) is 0 Å². The predicted octanol–water partition coefficient (Wildman–Crippen LogP) is 4.05. The summed E-state index contributed by atoms with van der Waals surface area (Å²) in [4.78, 5) is 24.2. The Balaban J connectivity index is 2.11. The SMILES string of the molecule is CCOCc1cc(C(=O)Nc2ccc(C(=O)OCC)cc2)ccc1OCC. The maximum Gasteiger partial charge on any atom is 0.338 e. The summed E-state index contributed by atoms with van der Waals surface area (Å²) in [6.07, 6.45) is 0. The van der Waals surface area contributed by atoms with Gasteiger partial charge >= 0.3 is 5.97 Å². The maximum atomic E-state index is 12.5. The molecule has 0 atom stereocenters. The molecule has 0 aliphatic heterocycles. The molecule has 0 bridgehead atoms. The summed E-state index contributed by atoms with van der Waals surface area (Å²) in [7, 11) is 0. The van der Waals surface area contributed by atoms with E-state index in [0.29, 0.717) is 49.0 Å². The van der Waals surface area contributed by atoms with Crippen LogP contribution in [0.2, 0.25) is 0 Å². The number of amides is 1. The molecule has 2 aromatic rings. The van der Waals surface area contributed by atoms with Gasteiger partial charge in [-0.1, -0.05) is 0 Å². The Kier molecular flexibility index (Phi) is 7.82. The van der Waals surface area contributed by atoms with Gasteiger partial charge in [0.2, 0.25) is 0 Å². The smallest absolute Gasteiger partial charge is 0.338 e. The van der Waals surface area contributed by atoms with Gasteiger partial charge in [0, 0.05) is 23.4 Å². The van der Waals surface area contributed by atoms with Crippen molar-refractivity contribution in [3.05, 3.63) is 59.2 Å². The fraction of sp³-hybridized carbons (Fsp3) is 0.333. The van der Waals surface area contributed by atoms with Gasteiger partial charge in [-0.25, -0.2) is 4.79 Å². The molecule has 0 aromatic heterocycles. The van der Waals surface area contributed by atoms with E-state index in [2.05, 4.69) is 5.32 Å². The number of carbonyl (C=O) groups excluding carboxylic acids is 2. The van der Waals surface area contributed by atoms with Crippen molar-refractivity contribution in [3.8, 4) is 5.75 Å². The van der Waals surface area contributed by atoms with Crippen LogP contribution in [0, 0.1) is 0 Å². The Morgan fingerprint density at radius 1 is 0.889 bits per heavy atom. The molecule has 0 fully saturated rings. The number of carbonyl (C=O) groups is 2. The van der Waals surface area contributed by atoms with Gasteiger partial charge in [0.15, 0.2) is 0 Å². The van der Waals surface area contributed by atoms with E-state index in [0.717, 1.165) is 5.56 Å². The van der Waals surface area contributed by atoms with Gasteiger partial charge in [-0.2, -0.15) is 0 Å². The summed E-state index contributed by atoms with van der Waals surface area (Å²) >= 11 is 0. The van der Waals surface area contributed by atoms with E-state index >= 15 is 0 Å². The van der Waals surface area contributed by atoms with Gasteiger partial charge in [-0.3, -0.25) is 4.79 Å². The summed E-state index contributed by atoms with van der Waals surface area (Å²) in [6.45, 7) is 7.39. The van der Waals surface area contributed by atoms with E-state index in [-0.39, 0.29) is 11.9 Å². The molecule has 0 heterocycles. The first-order chi connectivity index (χ1) is 13.1. The molecular formula is C21H25NO5. The number of rotatable bonds is 9. The van der Waals surface area contributed by atoms with E-state index in [1.807, 2.05) is 13.8 Å². The topological polar surface area (TPSA) is 73.9 Å². The van der Waals surface area contributed by atoms with E-state index in [1.54, 1.807) is 49.4 Å². The largest absolute Gasteiger partial charge is 0.494 e. The first-order valence-corrected chi connectivity index (χ1v) is 9.01. The lowest BCUT2D eigenvalue weighted by Crippen LogP contribution is -2.13. The average Bonchev–Trinajstić information content (AvgIpc) is 2.68. The fourth-order valence-corrected chi connectivity index (χ4v) is 2.45. The molecule has 0 aliphatic carbocycles. The lowest BCUT2D eigenvalue weighted by atomic mass is 10.1. The predicted molar refractivity (Wildman–Crippen MR) is 103 cm³/mol. The van der Waals surface area contributed by atoms with Crippen LogP contribution in [0.4, 0.5) is 5.69 Å². The molecule has 6 nitrogen and oxygen atoms in total. The highest BCUT2D eigenvalue weighted by Gasteiger charge is 2.12. The Bertz CT molecular complexity index is 771. The third-order valence-corrected chi connectivity index (χ3v) is 3.74. The van der Waals surface area contributed by atoms with Gasteiger partial charge in [0.05, 0.1) is 25.4 Å². The zero-order chi connectivity index (χ0) is 19.6. The lowest BCUT2D eigenvalue weighted by molar-refractivity contribution is 0.0526. The van der Waals surface area contributed by atoms with Crippen LogP contribution in [-0.4, -0.2) is 31.7 Å². The number of esters is 1. The molecule has 0 saturated heterocycles. The molecule has 0 unspecified atom stereocenters. The van der Waals surface area contributed by atoms with Crippen molar-refractivity contribution >= 4 is 17.6 Å². The Morgan fingerprint density at radius 3 is 2.22 bits per heavy atom. The monoisotopic (exact) mass is 371 g/mol. The Labute approximate surface area is 159 Å². The van der Waals surface area contributed by atoms with Gasteiger partial charge < -0.3 is 19.5 Å². The second kappa shape index (κ2) is 10.3. The van der Waals surface area contributed by atoms with Gasteiger partial charge in [0.1, 0.15) is 5.75 Å². The van der Waals surface area contributed by atoms with Crippen LogP contribution in [0.5, 0.6) is 5.75 Å². The van der Waals surface area contributed by atoms with Crippen molar-refractivity contribution < 1.29 is 23.8 Å². The van der Waals surface area contributed by atoms with Crippen LogP contribution < -0.4 is 10.1 Å². The molecule has 1 amide bonds. The molecule has 0 aliphatic rings. The summed E-state index contributed by atoms with van der Waals surface area (Å²) in [6, 6.07) is 11.8. The van der Waals surface area contributed by atoms with Crippen molar-refractivity contribution in [2.45, 2.75) is 27.4 Å². The first kappa shape index (κ1) is 20.5. The number of ether oxygens (including phenoxy) is 3. The van der Waals surface area contributed by atoms with Crippen molar-refractivity contribution in [1.82, 2.24) is 0 Å². The summed E-state index contributed by atoms with van der Waals surface area (Å²) in [5, 5.41) is 2.82. The van der Waals surface area contributed by atoms with Gasteiger partial charge in [-0.15, -0.1) is 0 Å². The van der Waals surface area contributed by atoms with Crippen LogP contribution in [0.25, 0.3) is 0 Å². The Hall–Kier alpha value is -2.86. The fourth-order valence-electron chi connectivity index (χ4n) is 2.45. The van der Waals surface area contributed by atoms with Crippen LogP contribution in [-0.2, 0) is 16.1 Å². The number of benzene rings is 2. The van der Waals surface area contributed by atoms with E-state index < -0.39 is 0 Å². The molecule has 1 N–H and O–H groups in total. The highest BCUT2D eigenvalue weighted by atomic mass is 16.5. The Morgan fingerprint density at radius 2 is 1.59 bits per heavy atom. The summed E-state index contributed by atoms with van der Waals surface area (Å²) in [5.41, 5.74) is 2.36. The van der Waals surface area contributed by atoms with E-state index in [4.69, 9.17) is 14.2 Å². The van der Waals surface area contributed by atoms with Crippen LogP contribution >= 0.6 is 0 Å². The van der Waals surface area contributed by atoms with Gasteiger partial charge in [-0.05, 0) is 63.2 Å². The van der Waals surface area contributed by atoms with Crippen molar-refractivity contribution in [1.29, 1.82) is 0 Å². The standard InChI is InChI=1S/C21H25NO5/c1-4-25-14-17-13-16(9-12-19(17)26-5-2)20(23)22-18-10-7-15(8-11-18)21(24)27-6-3/h7-13H,4-6,14H2,1-3H3,(H,22,23). The van der Waals surface area contributed by atoms with Crippen molar-refractivity contribution in [2.75, 3.05) is 25.1 Å². The van der Waals surface area contributed by atoms with Crippen molar-refractivity contribution in [2.24, 2.45) is 0 Å². The van der Waals surface area contributed by atoms with E-state index in [1.165, 1.54) is 0 Å². The van der Waals surface area contributed by atoms with Crippen LogP contribution in [0.1, 0.15) is 47.1 Å². The summed E-state index contributed by atoms with van der Waals surface area (Å²) < 4.78 is 16.0. The number of hydrogen-bond acceptors (Lipinski definition) is 5. The maximum absolute atomic E-state index is 12.5. The average molecular weight is 371 g/mol. The third kappa shape index (κ3) is 5.82. The molecule has 27 heavy (non-hydrogen) atoms. The minimum atomic E-state index is -0.387. The number of nitrogens with one attached hydrogen (secondary N) is 1. The van der Waals surface area contributed by atoms with E-state index in [9.17, 15) is 9.59 Å². The van der Waals surface area contributed by atoms with Crippen molar-refractivity contribution in [3.63, 3.8) is 0 Å². The minimum Gasteiger partial charge on any atom is -0.494 e. The second-order valence-electron chi connectivity index (χ2n) is 5.64. The highest BCUT2D eigenvalue weighted by Crippen LogP contribution is 2.22. The molecule has 2 aromatic carbocycles. The minimum absolute atomic E-state index is 0.250. The summed E-state index contributed by atoms with van der Waals surface area (Å²) in [5.74, 6) is 0.0726. The van der Waals surface area contributed by atoms with Gasteiger partial charge in [0.25, 0.3) is 5.91 Å². The van der Waals surface area contributed by atoms with Crippen LogP contribution in [0.15, 0.2) is 42.5 Å². The first-order valence-electron chi connectivity index (χ1n) is 9.01. The molecule has 144 valence electrons. The number of anilines is 1. The quantitative estimate of drug-likeness (QED) is 0.673. The highest BCUT2D eigenvalue weighted by molar-refractivity contribution is 6.04. The zero-order valence-electron chi connectivity index (χ0n) is 15.9. The molecule has 0 saturated carbocycles. The molecule has 6 heteroatoms. The lowest BCUT2D eigenvalue weighted by Gasteiger charge is -2.12. The molecule has 2 rings (SSSR count). The second-order valence-corrected chi connectivity index (χ2v) is 5.64. The number of hydrogen-bond donors (Lipinski definition) is 1.